The highest BCUT2D eigenvalue weighted by Gasteiger charge is 2.15. The zero-order chi connectivity index (χ0) is 10.2. The number of hydrogen-bond acceptors (Lipinski definition) is 1. The van der Waals surface area contributed by atoms with Gasteiger partial charge in [0.05, 0.1) is 0 Å². The molecular weight excluding hydrogens is 176 g/mol. The molecule has 1 aliphatic rings. The third kappa shape index (κ3) is 3.99. The lowest BCUT2D eigenvalue weighted by Crippen LogP contribution is -2.43. The summed E-state index contributed by atoms with van der Waals surface area (Å²) in [5.74, 6) is 0. The molecule has 0 aromatic rings. The van der Waals surface area contributed by atoms with E-state index in [0.717, 1.165) is 38.9 Å². The van der Waals surface area contributed by atoms with Crippen LogP contribution >= 0.6 is 0 Å². The molecule has 2 amide bonds. The van der Waals surface area contributed by atoms with E-state index >= 15 is 0 Å². The van der Waals surface area contributed by atoms with Crippen molar-refractivity contribution in [2.24, 2.45) is 0 Å². The predicted octanol–water partition coefficient (Wildman–Crippen LogP) is 2.19. The maximum Gasteiger partial charge on any atom is 0.317 e. The Morgan fingerprint density at radius 2 is 2.07 bits per heavy atom. The Kier molecular flexibility index (Phi) is 5.42. The van der Waals surface area contributed by atoms with Crippen LogP contribution in [0.2, 0.25) is 0 Å². The third-order valence-corrected chi connectivity index (χ3v) is 2.55. The quantitative estimate of drug-likeness (QED) is 0.688. The number of nitrogens with zero attached hydrogens (tertiary/aromatic N) is 1. The Hall–Kier alpha value is -0.730. The van der Waals surface area contributed by atoms with Gasteiger partial charge < -0.3 is 10.2 Å². The highest BCUT2D eigenvalue weighted by Crippen LogP contribution is 2.07. The van der Waals surface area contributed by atoms with Crippen molar-refractivity contribution in [3.8, 4) is 0 Å². The summed E-state index contributed by atoms with van der Waals surface area (Å²) in [6.45, 7) is 4.77. The molecule has 1 radical (unpaired) electrons. The Labute approximate surface area is 86.9 Å². The standard InChI is InChI=1S/C11H21N2O/c1-2-3-5-8-12-11(14)13-9-6-4-7-10-13/h4H,2-3,5-10H2,1H3,(H,12,14). The molecule has 0 saturated carbocycles. The molecular formula is C11H21N2O. The minimum absolute atomic E-state index is 0.120. The van der Waals surface area contributed by atoms with E-state index in [-0.39, 0.29) is 6.03 Å². The number of unbranched alkanes of at least 4 members (excludes halogenated alkanes) is 2. The number of carbonyl (C=O) groups excluding carboxylic acids is 1. The van der Waals surface area contributed by atoms with Crippen LogP contribution < -0.4 is 5.32 Å². The Morgan fingerprint density at radius 1 is 1.36 bits per heavy atom. The highest BCUT2D eigenvalue weighted by atomic mass is 16.2. The van der Waals surface area contributed by atoms with Gasteiger partial charge in [0.25, 0.3) is 0 Å². The van der Waals surface area contributed by atoms with E-state index in [9.17, 15) is 4.79 Å². The van der Waals surface area contributed by atoms with E-state index in [0.29, 0.717) is 0 Å². The lowest BCUT2D eigenvalue weighted by atomic mass is 10.1. The van der Waals surface area contributed by atoms with Gasteiger partial charge in [0, 0.05) is 19.6 Å². The molecule has 0 unspecified atom stereocenters. The molecule has 14 heavy (non-hydrogen) atoms. The first-order valence-electron chi connectivity index (χ1n) is 5.69. The van der Waals surface area contributed by atoms with Crippen molar-refractivity contribution in [3.05, 3.63) is 6.42 Å². The van der Waals surface area contributed by atoms with Crippen LogP contribution in [0.25, 0.3) is 0 Å². The number of nitrogens with one attached hydrogen (secondary N) is 1. The van der Waals surface area contributed by atoms with E-state index < -0.39 is 0 Å². The van der Waals surface area contributed by atoms with Crippen LogP contribution in [0.1, 0.15) is 39.0 Å². The van der Waals surface area contributed by atoms with Crippen molar-refractivity contribution >= 4 is 6.03 Å². The molecule has 0 spiro atoms. The van der Waals surface area contributed by atoms with Gasteiger partial charge in [-0.3, -0.25) is 0 Å². The molecule has 3 heteroatoms. The molecule has 1 fully saturated rings. The van der Waals surface area contributed by atoms with Gasteiger partial charge in [-0.2, -0.15) is 0 Å². The van der Waals surface area contributed by atoms with Crippen molar-refractivity contribution in [1.29, 1.82) is 0 Å². The van der Waals surface area contributed by atoms with E-state index in [1.165, 1.54) is 12.8 Å². The molecule has 0 aromatic carbocycles. The van der Waals surface area contributed by atoms with Crippen LogP contribution in [0.5, 0.6) is 0 Å². The van der Waals surface area contributed by atoms with Gasteiger partial charge >= 0.3 is 6.03 Å². The van der Waals surface area contributed by atoms with Gasteiger partial charge in [0.2, 0.25) is 0 Å². The monoisotopic (exact) mass is 197 g/mol. The summed E-state index contributed by atoms with van der Waals surface area (Å²) in [6.07, 6.45) is 7.84. The molecule has 1 N–H and O–H groups in total. The van der Waals surface area contributed by atoms with E-state index in [4.69, 9.17) is 0 Å². The van der Waals surface area contributed by atoms with Gasteiger partial charge in [-0.25, -0.2) is 4.79 Å². The molecule has 1 rings (SSSR count). The maximum absolute atomic E-state index is 11.6. The fourth-order valence-corrected chi connectivity index (χ4v) is 1.64. The van der Waals surface area contributed by atoms with E-state index in [1.807, 2.05) is 4.90 Å². The predicted molar refractivity (Wildman–Crippen MR) is 58.0 cm³/mol. The smallest absolute Gasteiger partial charge is 0.317 e. The summed E-state index contributed by atoms with van der Waals surface area (Å²) in [6, 6.07) is 0.120. The van der Waals surface area contributed by atoms with Gasteiger partial charge in [0.1, 0.15) is 0 Å². The van der Waals surface area contributed by atoms with Crippen LogP contribution in [0, 0.1) is 6.42 Å². The lowest BCUT2D eigenvalue weighted by Gasteiger charge is -2.26. The molecule has 81 valence electrons. The normalized spacial score (nSPS) is 16.8. The van der Waals surface area contributed by atoms with Gasteiger partial charge in [-0.1, -0.05) is 19.8 Å². The third-order valence-electron chi connectivity index (χ3n) is 2.55. The van der Waals surface area contributed by atoms with Gasteiger partial charge in [-0.15, -0.1) is 0 Å². The maximum atomic E-state index is 11.6. The van der Waals surface area contributed by atoms with Crippen molar-refractivity contribution < 1.29 is 4.79 Å². The number of urea groups is 1. The summed E-state index contributed by atoms with van der Waals surface area (Å²) in [5.41, 5.74) is 0. The fourth-order valence-electron chi connectivity index (χ4n) is 1.64. The van der Waals surface area contributed by atoms with Gasteiger partial charge in [0.15, 0.2) is 0 Å². The molecule has 0 bridgehead atoms. The first-order valence-corrected chi connectivity index (χ1v) is 5.69. The summed E-state index contributed by atoms with van der Waals surface area (Å²) < 4.78 is 0. The first kappa shape index (κ1) is 11.3. The SMILES string of the molecule is CCCCCNC(=O)N1CC[CH]CC1. The zero-order valence-electron chi connectivity index (χ0n) is 9.09. The molecule has 0 aromatic heterocycles. The number of likely N-dealkylation sites (tertiary alicyclic amines) is 1. The average molecular weight is 197 g/mol. The Morgan fingerprint density at radius 3 is 2.71 bits per heavy atom. The number of rotatable bonds is 4. The average Bonchev–Trinajstić information content (AvgIpc) is 2.25. The highest BCUT2D eigenvalue weighted by molar-refractivity contribution is 5.74. The molecule has 0 atom stereocenters. The number of hydrogen-bond donors (Lipinski definition) is 1. The van der Waals surface area contributed by atoms with Crippen LogP contribution in [-0.2, 0) is 0 Å². The van der Waals surface area contributed by atoms with Crippen molar-refractivity contribution in [1.82, 2.24) is 10.2 Å². The van der Waals surface area contributed by atoms with Crippen molar-refractivity contribution in [2.75, 3.05) is 19.6 Å². The zero-order valence-corrected chi connectivity index (χ0v) is 9.09. The number of amides is 2. The molecule has 3 nitrogen and oxygen atoms in total. The fraction of sp³-hybridized carbons (Fsp3) is 0.818. The molecule has 1 heterocycles. The van der Waals surface area contributed by atoms with Gasteiger partial charge in [-0.05, 0) is 25.7 Å². The minimum atomic E-state index is 0.120. The Balaban J connectivity index is 2.07. The minimum Gasteiger partial charge on any atom is -0.338 e. The summed E-state index contributed by atoms with van der Waals surface area (Å²) in [7, 11) is 0. The van der Waals surface area contributed by atoms with Crippen LogP contribution in [0.4, 0.5) is 4.79 Å². The first-order chi connectivity index (χ1) is 6.84. The second kappa shape index (κ2) is 6.68. The van der Waals surface area contributed by atoms with Crippen LogP contribution in [-0.4, -0.2) is 30.6 Å². The summed E-state index contributed by atoms with van der Waals surface area (Å²) >= 11 is 0. The summed E-state index contributed by atoms with van der Waals surface area (Å²) in [5, 5.41) is 2.96. The van der Waals surface area contributed by atoms with E-state index in [1.54, 1.807) is 0 Å². The second-order valence-corrected chi connectivity index (χ2v) is 3.79. The van der Waals surface area contributed by atoms with Crippen LogP contribution in [0.3, 0.4) is 0 Å². The number of carbonyl (C=O) groups is 1. The number of piperidine rings is 1. The lowest BCUT2D eigenvalue weighted by molar-refractivity contribution is 0.193. The van der Waals surface area contributed by atoms with E-state index in [2.05, 4.69) is 18.7 Å². The van der Waals surface area contributed by atoms with Crippen molar-refractivity contribution in [3.63, 3.8) is 0 Å². The second-order valence-electron chi connectivity index (χ2n) is 3.79. The molecule has 1 saturated heterocycles. The summed E-state index contributed by atoms with van der Waals surface area (Å²) in [4.78, 5) is 13.5. The largest absolute Gasteiger partial charge is 0.338 e. The molecule has 1 aliphatic heterocycles. The topological polar surface area (TPSA) is 32.3 Å². The Bertz CT molecular complexity index is 165. The molecule has 0 aliphatic carbocycles. The van der Waals surface area contributed by atoms with Crippen LogP contribution in [0.15, 0.2) is 0 Å². The van der Waals surface area contributed by atoms with Crippen molar-refractivity contribution in [2.45, 2.75) is 39.0 Å².